The number of hydrogen-bond donors (Lipinski definition) is 1. The molecule has 0 spiro atoms. The molecular formula is C20H18F2N2O3. The number of benzene rings is 2. The number of aryl methyl sites for hydroxylation is 2. The number of carbonyl (C=O) groups excluding carboxylic acids is 1. The molecule has 2 aromatic carbocycles. The zero-order chi connectivity index (χ0) is 20.0. The number of nitriles is 1. The number of amides is 1. The van der Waals surface area contributed by atoms with Crippen LogP contribution >= 0.6 is 0 Å². The summed E-state index contributed by atoms with van der Waals surface area (Å²) in [5.74, 6) is -0.671. The molecule has 0 atom stereocenters. The van der Waals surface area contributed by atoms with Crippen LogP contribution in [-0.2, 0) is 4.79 Å². The zero-order valence-electron chi connectivity index (χ0n) is 15.0. The summed E-state index contributed by atoms with van der Waals surface area (Å²) in [5.41, 5.74) is 2.66. The van der Waals surface area contributed by atoms with Crippen molar-refractivity contribution in [3.8, 4) is 17.6 Å². The Morgan fingerprint density at radius 1 is 1.19 bits per heavy atom. The van der Waals surface area contributed by atoms with Crippen molar-refractivity contribution in [3.63, 3.8) is 0 Å². The highest BCUT2D eigenvalue weighted by Crippen LogP contribution is 2.30. The molecule has 0 saturated carbocycles. The highest BCUT2D eigenvalue weighted by atomic mass is 19.3. The van der Waals surface area contributed by atoms with E-state index in [4.69, 9.17) is 4.74 Å². The van der Waals surface area contributed by atoms with Crippen molar-refractivity contribution in [3.05, 3.63) is 58.7 Å². The summed E-state index contributed by atoms with van der Waals surface area (Å²) >= 11 is 0. The van der Waals surface area contributed by atoms with E-state index in [2.05, 4.69) is 10.1 Å². The van der Waals surface area contributed by atoms with E-state index in [0.29, 0.717) is 11.3 Å². The van der Waals surface area contributed by atoms with Gasteiger partial charge < -0.3 is 14.8 Å². The lowest BCUT2D eigenvalue weighted by Crippen LogP contribution is -2.14. The summed E-state index contributed by atoms with van der Waals surface area (Å²) in [4.78, 5) is 12.4. The van der Waals surface area contributed by atoms with Crippen molar-refractivity contribution in [2.45, 2.75) is 20.5 Å². The van der Waals surface area contributed by atoms with Gasteiger partial charge in [0.1, 0.15) is 11.6 Å². The highest BCUT2D eigenvalue weighted by molar-refractivity contribution is 6.10. The van der Waals surface area contributed by atoms with Crippen molar-refractivity contribution in [1.82, 2.24) is 0 Å². The van der Waals surface area contributed by atoms with E-state index in [-0.39, 0.29) is 17.1 Å². The third-order valence-corrected chi connectivity index (χ3v) is 3.71. The lowest BCUT2D eigenvalue weighted by Gasteiger charge is -2.11. The lowest BCUT2D eigenvalue weighted by atomic mass is 10.1. The first-order chi connectivity index (χ1) is 12.8. The molecule has 0 aliphatic rings. The quantitative estimate of drug-likeness (QED) is 0.600. The second-order valence-corrected chi connectivity index (χ2v) is 5.73. The van der Waals surface area contributed by atoms with Crippen LogP contribution in [0, 0.1) is 25.2 Å². The number of rotatable bonds is 6. The van der Waals surface area contributed by atoms with Gasteiger partial charge in [0.15, 0.2) is 11.5 Å². The maximum absolute atomic E-state index is 12.5. The summed E-state index contributed by atoms with van der Waals surface area (Å²) in [6, 6.07) is 11.5. The predicted molar refractivity (Wildman–Crippen MR) is 97.8 cm³/mol. The maximum Gasteiger partial charge on any atom is 0.387 e. The maximum atomic E-state index is 12.5. The van der Waals surface area contributed by atoms with Gasteiger partial charge in [0.05, 0.1) is 7.11 Å². The van der Waals surface area contributed by atoms with Gasteiger partial charge in [0, 0.05) is 5.69 Å². The molecule has 27 heavy (non-hydrogen) atoms. The van der Waals surface area contributed by atoms with Gasteiger partial charge in [0.25, 0.3) is 5.91 Å². The molecular weight excluding hydrogens is 354 g/mol. The minimum atomic E-state index is -3.03. The average molecular weight is 372 g/mol. The average Bonchev–Trinajstić information content (AvgIpc) is 2.61. The first-order valence-corrected chi connectivity index (χ1v) is 7.97. The number of ether oxygens (including phenoxy) is 2. The second-order valence-electron chi connectivity index (χ2n) is 5.73. The molecule has 0 saturated heterocycles. The van der Waals surface area contributed by atoms with E-state index in [1.54, 1.807) is 6.07 Å². The van der Waals surface area contributed by atoms with Gasteiger partial charge in [-0.05, 0) is 49.2 Å². The third-order valence-electron chi connectivity index (χ3n) is 3.71. The van der Waals surface area contributed by atoms with Crippen molar-refractivity contribution < 1.29 is 23.0 Å². The summed E-state index contributed by atoms with van der Waals surface area (Å²) < 4.78 is 34.4. The molecule has 140 valence electrons. The topological polar surface area (TPSA) is 71.3 Å². The Hall–Kier alpha value is -3.40. The Labute approximate surface area is 155 Å². The van der Waals surface area contributed by atoms with E-state index >= 15 is 0 Å². The molecule has 1 N–H and O–H groups in total. The Kier molecular flexibility index (Phi) is 6.50. The van der Waals surface area contributed by atoms with Crippen LogP contribution in [0.3, 0.4) is 0 Å². The largest absolute Gasteiger partial charge is 0.493 e. The molecule has 2 aromatic rings. The van der Waals surface area contributed by atoms with Gasteiger partial charge in [-0.2, -0.15) is 14.0 Å². The van der Waals surface area contributed by atoms with E-state index in [1.165, 1.54) is 31.4 Å². The Bertz CT molecular complexity index is 918. The SMILES string of the molecule is COc1ccc(/C=C(\C#N)C(=O)Nc2ccc(C)cc2C)cc1OC(F)F. The molecule has 0 aliphatic carbocycles. The van der Waals surface area contributed by atoms with Gasteiger partial charge in [0.2, 0.25) is 0 Å². The van der Waals surface area contributed by atoms with Gasteiger partial charge in [-0.15, -0.1) is 0 Å². The molecule has 0 radical (unpaired) electrons. The van der Waals surface area contributed by atoms with Gasteiger partial charge in [-0.3, -0.25) is 4.79 Å². The molecule has 0 fully saturated rings. The number of nitrogens with one attached hydrogen (secondary N) is 1. The zero-order valence-corrected chi connectivity index (χ0v) is 15.0. The van der Waals surface area contributed by atoms with Crippen LogP contribution in [0.4, 0.5) is 14.5 Å². The molecule has 0 aliphatic heterocycles. The number of methoxy groups -OCH3 is 1. The van der Waals surface area contributed by atoms with Crippen LogP contribution in [-0.4, -0.2) is 19.6 Å². The molecule has 2 rings (SSSR count). The summed E-state index contributed by atoms with van der Waals surface area (Å²) in [6.45, 7) is 0.749. The van der Waals surface area contributed by atoms with Crippen LogP contribution in [0.5, 0.6) is 11.5 Å². The molecule has 0 aromatic heterocycles. The number of nitrogens with zero attached hydrogens (tertiary/aromatic N) is 1. The van der Waals surface area contributed by atoms with E-state index < -0.39 is 12.5 Å². The molecule has 0 unspecified atom stereocenters. The van der Waals surface area contributed by atoms with Crippen LogP contribution in [0.2, 0.25) is 0 Å². The fourth-order valence-electron chi connectivity index (χ4n) is 2.43. The van der Waals surface area contributed by atoms with Crippen LogP contribution in [0.15, 0.2) is 42.0 Å². The fraction of sp³-hybridized carbons (Fsp3) is 0.200. The fourth-order valence-corrected chi connectivity index (χ4v) is 2.43. The highest BCUT2D eigenvalue weighted by Gasteiger charge is 2.14. The second kappa shape index (κ2) is 8.81. The number of alkyl halides is 2. The number of carbonyl (C=O) groups is 1. The Morgan fingerprint density at radius 2 is 1.93 bits per heavy atom. The normalized spacial score (nSPS) is 11.1. The monoisotopic (exact) mass is 372 g/mol. The van der Waals surface area contributed by atoms with Crippen LogP contribution < -0.4 is 14.8 Å². The Morgan fingerprint density at radius 3 is 2.52 bits per heavy atom. The van der Waals surface area contributed by atoms with Crippen molar-refractivity contribution in [2.24, 2.45) is 0 Å². The van der Waals surface area contributed by atoms with Crippen LogP contribution in [0.1, 0.15) is 16.7 Å². The minimum Gasteiger partial charge on any atom is -0.493 e. The van der Waals surface area contributed by atoms with Gasteiger partial charge in [-0.25, -0.2) is 0 Å². The first-order valence-electron chi connectivity index (χ1n) is 7.97. The van der Waals surface area contributed by atoms with Gasteiger partial charge in [-0.1, -0.05) is 23.8 Å². The van der Waals surface area contributed by atoms with Crippen molar-refractivity contribution >= 4 is 17.7 Å². The lowest BCUT2D eigenvalue weighted by molar-refractivity contribution is -0.112. The summed E-state index contributed by atoms with van der Waals surface area (Å²) in [5, 5.41) is 12.0. The first kappa shape index (κ1) is 19.9. The van der Waals surface area contributed by atoms with Crippen molar-refractivity contribution in [1.29, 1.82) is 5.26 Å². The van der Waals surface area contributed by atoms with Crippen molar-refractivity contribution in [2.75, 3.05) is 12.4 Å². The number of halogens is 2. The third kappa shape index (κ3) is 5.28. The predicted octanol–water partition coefficient (Wildman–Crippen LogP) is 4.46. The smallest absolute Gasteiger partial charge is 0.387 e. The van der Waals surface area contributed by atoms with E-state index in [1.807, 2.05) is 32.0 Å². The minimum absolute atomic E-state index is 0.116. The molecule has 1 amide bonds. The number of anilines is 1. The molecule has 0 heterocycles. The van der Waals surface area contributed by atoms with E-state index in [0.717, 1.165) is 11.1 Å². The van der Waals surface area contributed by atoms with Crippen LogP contribution in [0.25, 0.3) is 6.08 Å². The standard InChI is InChI=1S/C20H18F2N2O3/c1-12-4-6-16(13(2)8-12)24-19(25)15(11-23)9-14-5-7-17(26-3)18(10-14)27-20(21)22/h4-10,20H,1-3H3,(H,24,25)/b15-9+. The van der Waals surface area contributed by atoms with Gasteiger partial charge >= 0.3 is 6.61 Å². The Balaban J connectivity index is 2.29. The summed E-state index contributed by atoms with van der Waals surface area (Å²) in [6.07, 6.45) is 1.29. The molecule has 0 bridgehead atoms. The number of hydrogen-bond acceptors (Lipinski definition) is 4. The molecule has 7 heteroatoms. The van der Waals surface area contributed by atoms with E-state index in [9.17, 15) is 18.8 Å². The molecule has 5 nitrogen and oxygen atoms in total. The summed E-state index contributed by atoms with van der Waals surface area (Å²) in [7, 11) is 1.32.